The maximum Gasteiger partial charge on any atom is 0.419 e. The number of nitro groups is 3. The van der Waals surface area contributed by atoms with Gasteiger partial charge in [0, 0.05) is 0 Å². The summed E-state index contributed by atoms with van der Waals surface area (Å²) in [5, 5.41) is 33.2. The molecule has 0 saturated carbocycles. The fourth-order valence-electron chi connectivity index (χ4n) is 2.24. The molecule has 0 radical (unpaired) electrons. The second kappa shape index (κ2) is 8.37. The van der Waals surface area contributed by atoms with Crippen LogP contribution in [0.4, 0.5) is 41.6 Å². The smallest absolute Gasteiger partial charge is 0.342 e. The molecule has 0 aliphatic carbocycles. The topological polar surface area (TPSA) is 141 Å². The molecule has 0 aliphatic heterocycles. The van der Waals surface area contributed by atoms with Crippen LogP contribution in [0.25, 0.3) is 0 Å². The Morgan fingerprint density at radius 2 is 1.30 bits per heavy atom. The molecule has 2 aromatic rings. The summed E-state index contributed by atoms with van der Waals surface area (Å²) in [6.45, 7) is 0. The van der Waals surface area contributed by atoms with Crippen LogP contribution in [0.3, 0.4) is 0 Å². The Morgan fingerprint density at radius 1 is 0.833 bits per heavy atom. The van der Waals surface area contributed by atoms with Crippen LogP contribution < -0.4 is 5.32 Å². The van der Waals surface area contributed by atoms with Gasteiger partial charge in [0.1, 0.15) is 0 Å². The summed E-state index contributed by atoms with van der Waals surface area (Å²) in [7, 11) is 0. The molecule has 0 unspecified atom stereocenters. The molecule has 10 nitrogen and oxygen atoms in total. The number of halogens is 7. The first kappa shape index (κ1) is 23.9. The van der Waals surface area contributed by atoms with E-state index < -0.39 is 74.5 Å². The van der Waals surface area contributed by atoms with E-state index in [0.717, 1.165) is 0 Å². The van der Waals surface area contributed by atoms with Crippen LogP contribution in [0, 0.1) is 30.3 Å². The van der Waals surface area contributed by atoms with E-state index in [2.05, 4.69) is 21.2 Å². The van der Waals surface area contributed by atoms with Crippen molar-refractivity contribution in [3.8, 4) is 0 Å². The summed E-state index contributed by atoms with van der Waals surface area (Å²) < 4.78 is 39.2. The molecule has 0 amide bonds. The van der Waals surface area contributed by atoms with Gasteiger partial charge in [-0.05, 0) is 15.9 Å². The van der Waals surface area contributed by atoms with Crippen LogP contribution in [-0.4, -0.2) is 14.8 Å². The molecular formula is C13H3BrCl3F3N4O6. The van der Waals surface area contributed by atoms with E-state index in [1.165, 1.54) is 0 Å². The minimum Gasteiger partial charge on any atom is -0.342 e. The number of non-ortho nitro benzene ring substituents is 1. The number of nitrogens with one attached hydrogen (secondary N) is 1. The standard InChI is InChI=1S/C13H3BrCl3F3N4O6/c14-7-6(13(18,19)20)8(15)9(16)10(17)12(7)21-11-4(23(27)28)1-3(22(25)26)2-5(11)24(29)30/h1-2,21H. The van der Waals surface area contributed by atoms with Gasteiger partial charge in [0.2, 0.25) is 0 Å². The first-order chi connectivity index (χ1) is 13.7. The van der Waals surface area contributed by atoms with Crippen molar-refractivity contribution < 1.29 is 27.9 Å². The number of hydrogen-bond donors (Lipinski definition) is 1. The van der Waals surface area contributed by atoms with Gasteiger partial charge in [-0.15, -0.1) is 0 Å². The number of anilines is 2. The van der Waals surface area contributed by atoms with E-state index >= 15 is 0 Å². The monoisotopic (exact) mass is 552 g/mol. The van der Waals surface area contributed by atoms with Crippen molar-refractivity contribution in [2.45, 2.75) is 6.18 Å². The highest BCUT2D eigenvalue weighted by Gasteiger charge is 2.40. The average molecular weight is 554 g/mol. The van der Waals surface area contributed by atoms with E-state index in [1.807, 2.05) is 0 Å². The molecule has 160 valence electrons. The molecule has 0 aliphatic rings. The van der Waals surface area contributed by atoms with E-state index in [9.17, 15) is 43.5 Å². The SMILES string of the molecule is O=[N+]([O-])c1cc([N+](=O)[O-])c(Nc2c(Cl)c(Cl)c(Cl)c(C(F)(F)F)c2Br)c([N+](=O)[O-])c1. The van der Waals surface area contributed by atoms with Crippen LogP contribution >= 0.6 is 50.7 Å². The van der Waals surface area contributed by atoms with Crippen molar-refractivity contribution >= 4 is 79.2 Å². The lowest BCUT2D eigenvalue weighted by molar-refractivity contribution is -0.401. The quantitative estimate of drug-likeness (QED) is 0.183. The van der Waals surface area contributed by atoms with Crippen molar-refractivity contribution in [3.63, 3.8) is 0 Å². The van der Waals surface area contributed by atoms with Crippen molar-refractivity contribution in [1.29, 1.82) is 0 Å². The Labute approximate surface area is 186 Å². The van der Waals surface area contributed by atoms with Crippen LogP contribution in [0.1, 0.15) is 5.56 Å². The van der Waals surface area contributed by atoms with Gasteiger partial charge < -0.3 is 5.32 Å². The van der Waals surface area contributed by atoms with Crippen molar-refractivity contribution in [2.24, 2.45) is 0 Å². The maximum absolute atomic E-state index is 13.4. The predicted octanol–water partition coefficient (Wildman–Crippen LogP) is 6.90. The van der Waals surface area contributed by atoms with E-state index in [4.69, 9.17) is 34.8 Å². The first-order valence-electron chi connectivity index (χ1n) is 6.99. The molecule has 0 atom stereocenters. The highest BCUT2D eigenvalue weighted by atomic mass is 79.9. The maximum atomic E-state index is 13.4. The van der Waals surface area contributed by atoms with Gasteiger partial charge >= 0.3 is 17.6 Å². The van der Waals surface area contributed by atoms with Gasteiger partial charge in [-0.2, -0.15) is 13.2 Å². The van der Waals surface area contributed by atoms with Gasteiger partial charge in [-0.3, -0.25) is 30.3 Å². The molecule has 30 heavy (non-hydrogen) atoms. The molecule has 0 saturated heterocycles. The third-order valence-electron chi connectivity index (χ3n) is 3.48. The second-order valence-electron chi connectivity index (χ2n) is 5.26. The fourth-order valence-corrected chi connectivity index (χ4v) is 3.95. The molecular weight excluding hydrogens is 551 g/mol. The van der Waals surface area contributed by atoms with Crippen molar-refractivity contribution in [3.05, 3.63) is 67.6 Å². The number of nitro benzene ring substituents is 3. The number of nitrogens with zero attached hydrogens (tertiary/aromatic N) is 3. The minimum absolute atomic E-state index is 0.388. The van der Waals surface area contributed by atoms with Crippen molar-refractivity contribution in [2.75, 3.05) is 5.32 Å². The van der Waals surface area contributed by atoms with Gasteiger partial charge in [0.25, 0.3) is 5.69 Å². The molecule has 2 aromatic carbocycles. The molecule has 0 aromatic heterocycles. The number of hydrogen-bond acceptors (Lipinski definition) is 7. The molecule has 0 fully saturated rings. The third-order valence-corrected chi connectivity index (χ3v) is 5.60. The van der Waals surface area contributed by atoms with Gasteiger partial charge in [-0.25, -0.2) is 0 Å². The van der Waals surface area contributed by atoms with Gasteiger partial charge in [0.05, 0.1) is 57.7 Å². The van der Waals surface area contributed by atoms with E-state index in [1.54, 1.807) is 0 Å². The summed E-state index contributed by atoms with van der Waals surface area (Å²) in [6, 6.07) is 0.776. The van der Waals surface area contributed by atoms with E-state index in [0.29, 0.717) is 12.1 Å². The van der Waals surface area contributed by atoms with Crippen LogP contribution in [0.2, 0.25) is 15.1 Å². The lowest BCUT2D eigenvalue weighted by atomic mass is 10.1. The fraction of sp³-hybridized carbons (Fsp3) is 0.0769. The summed E-state index contributed by atoms with van der Waals surface area (Å²) in [5.41, 5.74) is -6.54. The number of alkyl halides is 3. The Kier molecular flexibility index (Phi) is 6.66. The Hall–Kier alpha value is -2.42. The zero-order valence-corrected chi connectivity index (χ0v) is 17.4. The average Bonchev–Trinajstić information content (AvgIpc) is 2.61. The van der Waals surface area contributed by atoms with Gasteiger partial charge in [0.15, 0.2) is 5.69 Å². The first-order valence-corrected chi connectivity index (χ1v) is 8.92. The van der Waals surface area contributed by atoms with Gasteiger partial charge in [-0.1, -0.05) is 34.8 Å². The normalized spacial score (nSPS) is 11.3. The van der Waals surface area contributed by atoms with Crippen LogP contribution in [0.5, 0.6) is 0 Å². The zero-order valence-electron chi connectivity index (χ0n) is 13.6. The third kappa shape index (κ3) is 4.35. The molecule has 2 rings (SSSR count). The largest absolute Gasteiger partial charge is 0.419 e. The highest BCUT2D eigenvalue weighted by Crippen LogP contribution is 2.52. The highest BCUT2D eigenvalue weighted by molar-refractivity contribution is 9.10. The molecule has 0 bridgehead atoms. The minimum atomic E-state index is -5.06. The lowest BCUT2D eigenvalue weighted by Crippen LogP contribution is -2.10. The summed E-state index contributed by atoms with van der Waals surface area (Å²) in [6.07, 6.45) is -5.06. The zero-order chi connectivity index (χ0) is 23.1. The summed E-state index contributed by atoms with van der Waals surface area (Å²) in [5.74, 6) is 0. The number of benzene rings is 2. The van der Waals surface area contributed by atoms with Crippen LogP contribution in [-0.2, 0) is 6.18 Å². The number of rotatable bonds is 5. The summed E-state index contributed by atoms with van der Waals surface area (Å²) >= 11 is 19.8. The lowest BCUT2D eigenvalue weighted by Gasteiger charge is -2.19. The van der Waals surface area contributed by atoms with Crippen LogP contribution in [0.15, 0.2) is 16.6 Å². The molecule has 0 spiro atoms. The Morgan fingerprint density at radius 3 is 1.67 bits per heavy atom. The Balaban J connectivity index is 2.89. The predicted molar refractivity (Wildman–Crippen MR) is 104 cm³/mol. The Bertz CT molecular complexity index is 1080. The molecule has 1 N–H and O–H groups in total. The summed E-state index contributed by atoms with van der Waals surface area (Å²) in [4.78, 5) is 30.1. The molecule has 17 heteroatoms. The molecule has 0 heterocycles. The second-order valence-corrected chi connectivity index (χ2v) is 7.19. The van der Waals surface area contributed by atoms with Crippen molar-refractivity contribution in [1.82, 2.24) is 0 Å². The van der Waals surface area contributed by atoms with E-state index in [-0.39, 0.29) is 0 Å².